The van der Waals surface area contributed by atoms with Gasteiger partial charge in [-0.05, 0) is 42.4 Å². The van der Waals surface area contributed by atoms with Crippen LogP contribution >= 0.6 is 0 Å². The molecular formula is C13H26. The maximum absolute atomic E-state index is 2.48. The molecule has 1 saturated carbocycles. The second-order valence-electron chi connectivity index (χ2n) is 6.34. The van der Waals surface area contributed by atoms with Gasteiger partial charge in [0.2, 0.25) is 0 Å². The second-order valence-corrected chi connectivity index (χ2v) is 6.34. The first kappa shape index (κ1) is 11.1. The normalized spacial score (nSPS) is 39.9. The zero-order chi connectivity index (χ0) is 10.1. The Morgan fingerprint density at radius 3 is 2.23 bits per heavy atom. The maximum Gasteiger partial charge on any atom is -0.0326 e. The fourth-order valence-electron chi connectivity index (χ4n) is 3.02. The minimum absolute atomic E-state index is 0.590. The van der Waals surface area contributed by atoms with E-state index in [-0.39, 0.29) is 0 Å². The highest BCUT2D eigenvalue weighted by Crippen LogP contribution is 2.46. The largest absolute Gasteiger partial charge is 0.0649 e. The summed E-state index contributed by atoms with van der Waals surface area (Å²) in [6, 6.07) is 0. The van der Waals surface area contributed by atoms with Crippen LogP contribution in [0.15, 0.2) is 0 Å². The Balaban J connectivity index is 2.69. The SMILES string of the molecule is CCC1(C)CCC(C)(C)CC(C)C1. The number of hydrogen-bond acceptors (Lipinski definition) is 0. The Morgan fingerprint density at radius 1 is 1.08 bits per heavy atom. The third kappa shape index (κ3) is 3.00. The van der Waals surface area contributed by atoms with E-state index in [1.165, 1.54) is 32.1 Å². The highest BCUT2D eigenvalue weighted by Gasteiger charge is 2.33. The summed E-state index contributed by atoms with van der Waals surface area (Å²) < 4.78 is 0. The quantitative estimate of drug-likeness (QED) is 0.518. The van der Waals surface area contributed by atoms with Crippen LogP contribution in [0, 0.1) is 16.7 Å². The second kappa shape index (κ2) is 3.63. The van der Waals surface area contributed by atoms with Crippen LogP contribution in [0.3, 0.4) is 0 Å². The van der Waals surface area contributed by atoms with Crippen LogP contribution in [0.4, 0.5) is 0 Å². The van der Waals surface area contributed by atoms with Crippen LogP contribution in [-0.2, 0) is 0 Å². The van der Waals surface area contributed by atoms with Crippen LogP contribution in [0.25, 0.3) is 0 Å². The smallest absolute Gasteiger partial charge is 0.0326 e. The lowest BCUT2D eigenvalue weighted by molar-refractivity contribution is 0.235. The maximum atomic E-state index is 2.48. The molecule has 2 atom stereocenters. The summed E-state index contributed by atoms with van der Waals surface area (Å²) in [4.78, 5) is 0. The Morgan fingerprint density at radius 2 is 1.69 bits per heavy atom. The van der Waals surface area contributed by atoms with E-state index in [2.05, 4.69) is 34.6 Å². The van der Waals surface area contributed by atoms with Crippen molar-refractivity contribution in [3.63, 3.8) is 0 Å². The van der Waals surface area contributed by atoms with Crippen LogP contribution in [0.2, 0.25) is 0 Å². The minimum Gasteiger partial charge on any atom is -0.0649 e. The molecule has 0 heterocycles. The molecule has 2 unspecified atom stereocenters. The molecule has 0 aromatic heterocycles. The van der Waals surface area contributed by atoms with Crippen molar-refractivity contribution in [1.29, 1.82) is 0 Å². The summed E-state index contributed by atoms with van der Waals surface area (Å²) in [6.45, 7) is 12.1. The van der Waals surface area contributed by atoms with E-state index >= 15 is 0 Å². The summed E-state index contributed by atoms with van der Waals surface area (Å²) >= 11 is 0. The highest BCUT2D eigenvalue weighted by molar-refractivity contribution is 4.85. The molecule has 0 bridgehead atoms. The third-order valence-corrected chi connectivity index (χ3v) is 4.00. The van der Waals surface area contributed by atoms with Crippen molar-refractivity contribution in [2.75, 3.05) is 0 Å². The lowest BCUT2D eigenvalue weighted by Crippen LogP contribution is -2.16. The van der Waals surface area contributed by atoms with Gasteiger partial charge < -0.3 is 0 Å². The van der Waals surface area contributed by atoms with Crippen molar-refractivity contribution in [3.05, 3.63) is 0 Å². The monoisotopic (exact) mass is 182 g/mol. The Bertz CT molecular complexity index is 169. The van der Waals surface area contributed by atoms with Gasteiger partial charge in [-0.2, -0.15) is 0 Å². The molecule has 1 fully saturated rings. The van der Waals surface area contributed by atoms with Gasteiger partial charge in [-0.25, -0.2) is 0 Å². The molecule has 0 nitrogen and oxygen atoms in total. The van der Waals surface area contributed by atoms with Crippen LogP contribution in [-0.4, -0.2) is 0 Å². The zero-order valence-electron chi connectivity index (χ0n) is 10.1. The summed E-state index contributed by atoms with van der Waals surface area (Å²) in [5.41, 5.74) is 1.22. The van der Waals surface area contributed by atoms with Crippen molar-refractivity contribution in [2.24, 2.45) is 16.7 Å². The zero-order valence-corrected chi connectivity index (χ0v) is 10.1. The summed E-state index contributed by atoms with van der Waals surface area (Å²) in [7, 11) is 0. The molecule has 0 N–H and O–H groups in total. The molecule has 0 aliphatic heterocycles. The molecule has 0 aromatic carbocycles. The average molecular weight is 182 g/mol. The van der Waals surface area contributed by atoms with Gasteiger partial charge in [0, 0.05) is 0 Å². The van der Waals surface area contributed by atoms with Crippen molar-refractivity contribution in [1.82, 2.24) is 0 Å². The van der Waals surface area contributed by atoms with Crippen molar-refractivity contribution in [3.8, 4) is 0 Å². The number of rotatable bonds is 1. The molecule has 1 aliphatic carbocycles. The molecule has 0 saturated heterocycles. The molecule has 0 amide bonds. The van der Waals surface area contributed by atoms with Crippen molar-refractivity contribution < 1.29 is 0 Å². The molecule has 78 valence electrons. The molecule has 0 radical (unpaired) electrons. The Hall–Kier alpha value is 0. The van der Waals surface area contributed by atoms with Crippen LogP contribution < -0.4 is 0 Å². The fraction of sp³-hybridized carbons (Fsp3) is 1.00. The van der Waals surface area contributed by atoms with E-state index in [4.69, 9.17) is 0 Å². The van der Waals surface area contributed by atoms with E-state index in [9.17, 15) is 0 Å². The molecule has 0 spiro atoms. The number of hydrogen-bond donors (Lipinski definition) is 0. The van der Waals surface area contributed by atoms with Gasteiger partial charge in [0.1, 0.15) is 0 Å². The predicted molar refractivity (Wildman–Crippen MR) is 59.8 cm³/mol. The molecule has 1 aliphatic rings. The van der Waals surface area contributed by atoms with Crippen LogP contribution in [0.1, 0.15) is 66.7 Å². The van der Waals surface area contributed by atoms with Gasteiger partial charge >= 0.3 is 0 Å². The highest BCUT2D eigenvalue weighted by atomic mass is 14.4. The molecule has 1 rings (SSSR count). The summed E-state index contributed by atoms with van der Waals surface area (Å²) in [5.74, 6) is 0.919. The van der Waals surface area contributed by atoms with E-state index in [1.54, 1.807) is 0 Å². The van der Waals surface area contributed by atoms with Gasteiger partial charge in [-0.15, -0.1) is 0 Å². The Kier molecular flexibility index (Phi) is 3.09. The standard InChI is InChI=1S/C13H26/c1-6-13(5)8-7-12(3,4)9-11(2)10-13/h11H,6-10H2,1-5H3. The van der Waals surface area contributed by atoms with Gasteiger partial charge in [0.05, 0.1) is 0 Å². The molecular weight excluding hydrogens is 156 g/mol. The molecule has 0 aromatic rings. The van der Waals surface area contributed by atoms with E-state index in [0.717, 1.165) is 5.92 Å². The average Bonchev–Trinajstić information content (AvgIpc) is 2.09. The topological polar surface area (TPSA) is 0 Å². The van der Waals surface area contributed by atoms with E-state index in [0.29, 0.717) is 10.8 Å². The Labute approximate surface area is 84.1 Å². The molecule has 13 heavy (non-hydrogen) atoms. The van der Waals surface area contributed by atoms with E-state index in [1.807, 2.05) is 0 Å². The van der Waals surface area contributed by atoms with Gasteiger partial charge in [0.25, 0.3) is 0 Å². The van der Waals surface area contributed by atoms with Gasteiger partial charge in [0.15, 0.2) is 0 Å². The van der Waals surface area contributed by atoms with E-state index < -0.39 is 0 Å². The first-order valence-electron chi connectivity index (χ1n) is 5.87. The first-order chi connectivity index (χ1) is 5.87. The van der Waals surface area contributed by atoms with Crippen LogP contribution in [0.5, 0.6) is 0 Å². The fourth-order valence-corrected chi connectivity index (χ4v) is 3.02. The predicted octanol–water partition coefficient (Wildman–Crippen LogP) is 4.64. The van der Waals surface area contributed by atoms with Crippen molar-refractivity contribution in [2.45, 2.75) is 66.7 Å². The third-order valence-electron chi connectivity index (χ3n) is 4.00. The first-order valence-corrected chi connectivity index (χ1v) is 5.87. The molecule has 0 heteroatoms. The lowest BCUT2D eigenvalue weighted by Gasteiger charge is -2.28. The van der Waals surface area contributed by atoms with Gasteiger partial charge in [-0.1, -0.05) is 41.0 Å². The summed E-state index contributed by atoms with van der Waals surface area (Å²) in [6.07, 6.45) is 7.06. The summed E-state index contributed by atoms with van der Waals surface area (Å²) in [5, 5.41) is 0. The van der Waals surface area contributed by atoms with Crippen molar-refractivity contribution >= 4 is 0 Å². The van der Waals surface area contributed by atoms with Gasteiger partial charge in [-0.3, -0.25) is 0 Å². The lowest BCUT2D eigenvalue weighted by atomic mass is 9.77. The minimum atomic E-state index is 0.590.